The number of carbonyl (C=O) groups excluding carboxylic acids is 1. The first-order chi connectivity index (χ1) is 10.1. The summed E-state index contributed by atoms with van der Waals surface area (Å²) in [5.74, 6) is 0.216. The van der Waals surface area contributed by atoms with Crippen LogP contribution in [0.2, 0.25) is 0 Å². The van der Waals surface area contributed by atoms with Crippen LogP contribution in [0.3, 0.4) is 0 Å². The van der Waals surface area contributed by atoms with Gasteiger partial charge in [0, 0.05) is 25.4 Å². The molecule has 1 aromatic heterocycles. The van der Waals surface area contributed by atoms with Gasteiger partial charge in [-0.2, -0.15) is 5.10 Å². The molecule has 1 aromatic rings. The smallest absolute Gasteiger partial charge is 0.239 e. The second kappa shape index (κ2) is 5.77. The van der Waals surface area contributed by atoms with Gasteiger partial charge in [0.25, 0.3) is 0 Å². The maximum absolute atomic E-state index is 12.7. The number of morpholine rings is 1. The van der Waals surface area contributed by atoms with Gasteiger partial charge < -0.3 is 15.0 Å². The molecular formula is C15H24N4O2. The molecule has 2 atom stereocenters. The maximum Gasteiger partial charge on any atom is 0.239 e. The topological polar surface area (TPSA) is 59.4 Å². The molecule has 0 unspecified atom stereocenters. The maximum atomic E-state index is 12.7. The SMILES string of the molecule is Cn1cc([C@]2(C)CN(C(=O)[C@@H]3CCCCN3)CCO2)cn1. The molecular weight excluding hydrogens is 268 g/mol. The summed E-state index contributed by atoms with van der Waals surface area (Å²) in [6.07, 6.45) is 7.04. The summed E-state index contributed by atoms with van der Waals surface area (Å²) in [5, 5.41) is 7.56. The van der Waals surface area contributed by atoms with Crippen molar-refractivity contribution in [2.24, 2.45) is 7.05 Å². The van der Waals surface area contributed by atoms with Crippen molar-refractivity contribution in [2.45, 2.75) is 37.8 Å². The lowest BCUT2D eigenvalue weighted by Crippen LogP contribution is -2.56. The molecule has 6 nitrogen and oxygen atoms in total. The molecule has 2 fully saturated rings. The molecule has 0 saturated carbocycles. The molecule has 116 valence electrons. The van der Waals surface area contributed by atoms with Crippen LogP contribution >= 0.6 is 0 Å². The van der Waals surface area contributed by atoms with Crippen LogP contribution in [0, 0.1) is 0 Å². The minimum absolute atomic E-state index is 0.0185. The second-order valence-electron chi connectivity index (χ2n) is 6.24. The Bertz CT molecular complexity index is 510. The number of rotatable bonds is 2. The van der Waals surface area contributed by atoms with E-state index >= 15 is 0 Å². The normalized spacial score (nSPS) is 30.4. The van der Waals surface area contributed by atoms with E-state index in [1.807, 2.05) is 31.3 Å². The van der Waals surface area contributed by atoms with E-state index in [9.17, 15) is 4.79 Å². The molecule has 21 heavy (non-hydrogen) atoms. The Labute approximate surface area is 125 Å². The van der Waals surface area contributed by atoms with E-state index in [1.165, 1.54) is 6.42 Å². The van der Waals surface area contributed by atoms with Gasteiger partial charge in [0.1, 0.15) is 5.60 Å². The third kappa shape index (κ3) is 2.96. The number of hydrogen-bond acceptors (Lipinski definition) is 4. The number of nitrogens with one attached hydrogen (secondary N) is 1. The molecule has 3 rings (SSSR count). The third-order valence-corrected chi connectivity index (χ3v) is 4.51. The van der Waals surface area contributed by atoms with Crippen LogP contribution in [-0.4, -0.2) is 52.9 Å². The zero-order valence-corrected chi connectivity index (χ0v) is 12.8. The van der Waals surface area contributed by atoms with Crippen molar-refractivity contribution in [1.29, 1.82) is 0 Å². The predicted octanol–water partition coefficient (Wildman–Crippen LogP) is 0.636. The number of aromatic nitrogens is 2. The van der Waals surface area contributed by atoms with Crippen LogP contribution in [-0.2, 0) is 22.2 Å². The van der Waals surface area contributed by atoms with Crippen molar-refractivity contribution < 1.29 is 9.53 Å². The molecule has 1 N–H and O–H groups in total. The molecule has 0 aromatic carbocycles. The highest BCUT2D eigenvalue weighted by atomic mass is 16.5. The van der Waals surface area contributed by atoms with Crippen molar-refractivity contribution in [3.63, 3.8) is 0 Å². The Balaban J connectivity index is 1.71. The Hall–Kier alpha value is -1.40. The van der Waals surface area contributed by atoms with Crippen molar-refractivity contribution in [2.75, 3.05) is 26.2 Å². The summed E-state index contributed by atoms with van der Waals surface area (Å²) < 4.78 is 7.74. The third-order valence-electron chi connectivity index (χ3n) is 4.51. The summed E-state index contributed by atoms with van der Waals surface area (Å²) in [7, 11) is 1.89. The second-order valence-corrected chi connectivity index (χ2v) is 6.24. The summed E-state index contributed by atoms with van der Waals surface area (Å²) in [4.78, 5) is 14.6. The minimum Gasteiger partial charge on any atom is -0.367 e. The van der Waals surface area contributed by atoms with Gasteiger partial charge in [-0.15, -0.1) is 0 Å². The number of ether oxygens (including phenoxy) is 1. The van der Waals surface area contributed by atoms with E-state index in [2.05, 4.69) is 10.4 Å². The number of nitrogens with zero attached hydrogens (tertiary/aromatic N) is 3. The summed E-state index contributed by atoms with van der Waals surface area (Å²) in [6.45, 7) is 4.82. The fraction of sp³-hybridized carbons (Fsp3) is 0.733. The Morgan fingerprint density at radius 2 is 2.38 bits per heavy atom. The van der Waals surface area contributed by atoms with Crippen LogP contribution < -0.4 is 5.32 Å². The van der Waals surface area contributed by atoms with E-state index in [1.54, 1.807) is 4.68 Å². The molecule has 6 heteroatoms. The molecule has 0 radical (unpaired) electrons. The average molecular weight is 292 g/mol. The highest BCUT2D eigenvalue weighted by molar-refractivity contribution is 5.82. The average Bonchev–Trinajstić information content (AvgIpc) is 2.95. The van der Waals surface area contributed by atoms with Crippen LogP contribution in [0.15, 0.2) is 12.4 Å². The fourth-order valence-corrected chi connectivity index (χ4v) is 3.21. The Morgan fingerprint density at radius 1 is 1.52 bits per heavy atom. The van der Waals surface area contributed by atoms with Gasteiger partial charge in [0.15, 0.2) is 0 Å². The van der Waals surface area contributed by atoms with Gasteiger partial charge >= 0.3 is 0 Å². The molecule has 2 saturated heterocycles. The first kappa shape index (κ1) is 14.5. The van der Waals surface area contributed by atoms with Gasteiger partial charge in [-0.3, -0.25) is 9.48 Å². The van der Waals surface area contributed by atoms with Gasteiger partial charge in [-0.1, -0.05) is 6.42 Å². The van der Waals surface area contributed by atoms with Gasteiger partial charge in [-0.05, 0) is 26.3 Å². The van der Waals surface area contributed by atoms with Gasteiger partial charge in [-0.25, -0.2) is 0 Å². The summed E-state index contributed by atoms with van der Waals surface area (Å²) in [5.41, 5.74) is 0.565. The first-order valence-electron chi connectivity index (χ1n) is 7.74. The van der Waals surface area contributed by atoms with Crippen LogP contribution in [0.25, 0.3) is 0 Å². The molecule has 0 bridgehead atoms. The first-order valence-corrected chi connectivity index (χ1v) is 7.74. The highest BCUT2D eigenvalue weighted by Gasteiger charge is 2.38. The lowest BCUT2D eigenvalue weighted by Gasteiger charge is -2.41. The Kier molecular flexibility index (Phi) is 3.99. The molecule has 2 aliphatic heterocycles. The summed E-state index contributed by atoms with van der Waals surface area (Å²) >= 11 is 0. The number of amides is 1. The van der Waals surface area contributed by atoms with Crippen molar-refractivity contribution >= 4 is 5.91 Å². The summed E-state index contributed by atoms with van der Waals surface area (Å²) in [6, 6.07) is -0.0185. The minimum atomic E-state index is -0.461. The molecule has 1 amide bonds. The number of carbonyl (C=O) groups is 1. The van der Waals surface area contributed by atoms with Crippen LogP contribution in [0.5, 0.6) is 0 Å². The molecule has 3 heterocycles. The van der Waals surface area contributed by atoms with E-state index in [0.29, 0.717) is 19.7 Å². The highest BCUT2D eigenvalue weighted by Crippen LogP contribution is 2.29. The van der Waals surface area contributed by atoms with Gasteiger partial charge in [0.05, 0.1) is 25.4 Å². The van der Waals surface area contributed by atoms with Gasteiger partial charge in [0.2, 0.25) is 5.91 Å². The number of hydrogen-bond donors (Lipinski definition) is 1. The zero-order valence-electron chi connectivity index (χ0n) is 12.8. The van der Waals surface area contributed by atoms with Crippen molar-refractivity contribution in [3.05, 3.63) is 18.0 Å². The van der Waals surface area contributed by atoms with Crippen molar-refractivity contribution in [1.82, 2.24) is 20.0 Å². The quantitative estimate of drug-likeness (QED) is 0.869. The van der Waals surface area contributed by atoms with Crippen LogP contribution in [0.4, 0.5) is 0 Å². The van der Waals surface area contributed by atoms with Crippen LogP contribution in [0.1, 0.15) is 31.7 Å². The number of aryl methyl sites for hydroxylation is 1. The lowest BCUT2D eigenvalue weighted by atomic mass is 9.95. The predicted molar refractivity (Wildman–Crippen MR) is 78.7 cm³/mol. The standard InChI is InChI=1S/C15H24N4O2/c1-15(12-9-17-18(2)10-12)11-19(7-8-21-15)14(20)13-5-3-4-6-16-13/h9-10,13,16H,3-8,11H2,1-2H3/t13-,15-/m0/s1. The zero-order chi connectivity index (χ0) is 14.9. The number of piperidine rings is 1. The Morgan fingerprint density at radius 3 is 3.05 bits per heavy atom. The monoisotopic (exact) mass is 292 g/mol. The van der Waals surface area contributed by atoms with E-state index in [-0.39, 0.29) is 11.9 Å². The van der Waals surface area contributed by atoms with E-state index < -0.39 is 5.60 Å². The van der Waals surface area contributed by atoms with Crippen molar-refractivity contribution in [3.8, 4) is 0 Å². The fourth-order valence-electron chi connectivity index (χ4n) is 3.21. The molecule has 0 spiro atoms. The van der Waals surface area contributed by atoms with E-state index in [0.717, 1.165) is 24.9 Å². The lowest BCUT2D eigenvalue weighted by molar-refractivity contribution is -0.152. The largest absolute Gasteiger partial charge is 0.367 e. The molecule has 0 aliphatic carbocycles. The molecule has 2 aliphatic rings. The van der Waals surface area contributed by atoms with E-state index in [4.69, 9.17) is 4.74 Å².